The first-order valence-electron chi connectivity index (χ1n) is 32.8. The van der Waals surface area contributed by atoms with E-state index >= 15 is 0 Å². The summed E-state index contributed by atoms with van der Waals surface area (Å²) in [5, 5.41) is 48.6. The fourth-order valence-electron chi connectivity index (χ4n) is 8.33. The van der Waals surface area contributed by atoms with Gasteiger partial charge in [0.25, 0.3) is 5.91 Å². The highest BCUT2D eigenvalue weighted by Gasteiger charge is 2.16. The van der Waals surface area contributed by atoms with E-state index in [1.807, 2.05) is 48.5 Å². The van der Waals surface area contributed by atoms with Crippen molar-refractivity contribution in [1.29, 1.82) is 0 Å². The van der Waals surface area contributed by atoms with E-state index in [1.54, 1.807) is 38.1 Å². The van der Waals surface area contributed by atoms with E-state index in [2.05, 4.69) is 72.7 Å². The number of nitrogens with one attached hydrogen (secondary N) is 6. The van der Waals surface area contributed by atoms with Gasteiger partial charge >= 0.3 is 0 Å². The standard InChI is InChI=1S/C66H94N14O19/c1-50-73-77-64(78-74-50)55-9-3-52(4-10-55)45-62(85)69-20-28-91-34-40-95-38-32-89-26-18-67-59(82)15-24-98-48-58(72-61(84)17-23-88-31-37-94-43-44-97-42-36-93-30-22-71-66(87)57-13-7-54(47-81)8-14-57)49-99-25-16-60(83)68-19-27-90-33-39-96-41-35-92-29-21-70-63(86)46-53-5-11-56(12-6-53)65-79-75-51(2)76-80-65/h3-14,47,58H,15-46,48-49H2,1-2H3,(H,67,82)(H,68,83)(H,69,85)(H,70,86)(H,71,87)(H,72,84). The molecule has 2 heterocycles. The first kappa shape index (κ1) is 81.2. The molecule has 33 nitrogen and oxygen atoms in total. The Morgan fingerprint density at radius 2 is 0.646 bits per heavy atom. The smallest absolute Gasteiger partial charge is 0.251 e. The summed E-state index contributed by atoms with van der Waals surface area (Å²) in [7, 11) is 0. The lowest BCUT2D eigenvalue weighted by Crippen LogP contribution is -2.42. The lowest BCUT2D eigenvalue weighted by atomic mass is 10.1. The Morgan fingerprint density at radius 1 is 0.343 bits per heavy atom. The Bertz CT molecular complexity index is 2890. The lowest BCUT2D eigenvalue weighted by Gasteiger charge is -2.19. The van der Waals surface area contributed by atoms with Gasteiger partial charge in [-0.25, -0.2) is 0 Å². The third-order valence-electron chi connectivity index (χ3n) is 13.5. The van der Waals surface area contributed by atoms with Crippen LogP contribution in [0.5, 0.6) is 0 Å². The molecule has 6 N–H and O–H groups in total. The van der Waals surface area contributed by atoms with Crippen molar-refractivity contribution in [1.82, 2.24) is 72.7 Å². The zero-order valence-electron chi connectivity index (χ0n) is 56.5. The predicted octanol–water partition coefficient (Wildman–Crippen LogP) is 0.144. The van der Waals surface area contributed by atoms with Gasteiger partial charge in [0, 0.05) is 74.2 Å². The Hall–Kier alpha value is -8.45. The predicted molar refractivity (Wildman–Crippen MR) is 355 cm³/mol. The second-order valence-electron chi connectivity index (χ2n) is 21.5. The van der Waals surface area contributed by atoms with Gasteiger partial charge < -0.3 is 88.7 Å². The van der Waals surface area contributed by atoms with Crippen molar-refractivity contribution in [2.75, 3.05) is 191 Å². The van der Waals surface area contributed by atoms with Crippen molar-refractivity contribution >= 4 is 41.7 Å². The van der Waals surface area contributed by atoms with Crippen LogP contribution < -0.4 is 31.9 Å². The van der Waals surface area contributed by atoms with Gasteiger partial charge in [0.1, 0.15) is 6.29 Å². The lowest BCUT2D eigenvalue weighted by molar-refractivity contribution is -0.126. The number of carbonyl (C=O) groups excluding carboxylic acids is 7. The first-order valence-corrected chi connectivity index (χ1v) is 32.8. The van der Waals surface area contributed by atoms with Gasteiger partial charge in [-0.1, -0.05) is 60.7 Å². The molecule has 0 unspecified atom stereocenters. The average Bonchev–Trinajstić information content (AvgIpc) is 0.974. The van der Waals surface area contributed by atoms with Crippen molar-refractivity contribution in [2.45, 2.75) is 52.0 Å². The minimum atomic E-state index is -0.596. The maximum atomic E-state index is 13.0. The van der Waals surface area contributed by atoms with Crippen molar-refractivity contribution in [3.8, 4) is 22.8 Å². The van der Waals surface area contributed by atoms with Crippen LogP contribution in [0.2, 0.25) is 0 Å². The molecule has 0 saturated heterocycles. The Morgan fingerprint density at radius 3 is 1.00 bits per heavy atom. The van der Waals surface area contributed by atoms with E-state index in [0.717, 1.165) is 22.3 Å². The number of aromatic nitrogens is 8. The Balaban J connectivity index is 0.839. The average molecular weight is 1390 g/mol. The van der Waals surface area contributed by atoms with Crippen molar-refractivity contribution in [3.05, 3.63) is 107 Å². The number of aldehydes is 1. The molecule has 0 atom stereocenters. The molecule has 2 aromatic heterocycles. The molecule has 0 radical (unpaired) electrons. The molecule has 3 aromatic carbocycles. The number of ether oxygens (including phenoxy) is 12. The molecular weight excluding hydrogens is 1290 g/mol. The largest absolute Gasteiger partial charge is 0.379 e. The van der Waals surface area contributed by atoms with Crippen LogP contribution in [0.4, 0.5) is 0 Å². The summed E-state index contributed by atoms with van der Waals surface area (Å²) in [6.07, 6.45) is 1.31. The molecule has 0 bridgehead atoms. The van der Waals surface area contributed by atoms with Gasteiger partial charge in [0.2, 0.25) is 41.2 Å². The fraction of sp³-hybridized carbons (Fsp3) is 0.561. The maximum absolute atomic E-state index is 13.0. The van der Waals surface area contributed by atoms with E-state index in [0.29, 0.717) is 159 Å². The molecule has 33 heteroatoms. The molecular formula is C66H94N14O19. The second kappa shape index (κ2) is 52.6. The highest BCUT2D eigenvalue weighted by molar-refractivity contribution is 5.94. The van der Waals surface area contributed by atoms with Gasteiger partial charge in [-0.15, -0.1) is 40.8 Å². The summed E-state index contributed by atoms with van der Waals surface area (Å²) in [4.78, 5) is 85.8. The molecule has 99 heavy (non-hydrogen) atoms. The summed E-state index contributed by atoms with van der Waals surface area (Å²) >= 11 is 0. The van der Waals surface area contributed by atoms with E-state index in [9.17, 15) is 33.6 Å². The third-order valence-corrected chi connectivity index (χ3v) is 13.5. The Kier molecular flexibility index (Phi) is 43.1. The molecule has 5 rings (SSSR count). The van der Waals surface area contributed by atoms with Crippen molar-refractivity contribution < 1.29 is 90.4 Å². The normalized spacial score (nSPS) is 11.1. The summed E-state index contributed by atoms with van der Waals surface area (Å²) in [5.74, 6) is 0.457. The Labute approximate surface area is 575 Å². The van der Waals surface area contributed by atoms with Gasteiger partial charge in [-0.2, -0.15) is 0 Å². The van der Waals surface area contributed by atoms with E-state index < -0.39 is 6.04 Å². The number of rotatable bonds is 58. The SMILES string of the molecule is Cc1nnc(-c2ccc(CC(=O)NCCOCCOCCOCCNC(=O)CCOCC(COCCC(=O)NCCOCCOCCOCCNC(=O)Cc3ccc(-c4nnc(C)nn4)cc3)NC(=O)CCOCCOCCOCCOCCNC(=O)c3ccc(C=O)cc3)cc2)nn1. The molecule has 5 aromatic rings. The number of carbonyl (C=O) groups is 7. The molecule has 0 aliphatic rings. The van der Waals surface area contributed by atoms with Gasteiger partial charge in [0.15, 0.2) is 11.6 Å². The van der Waals surface area contributed by atoms with Crippen LogP contribution in [0.25, 0.3) is 22.8 Å². The number of amides is 6. The number of aryl methyl sites for hydroxylation is 2. The summed E-state index contributed by atoms with van der Waals surface area (Å²) in [6, 6.07) is 20.3. The first-order chi connectivity index (χ1) is 48.4. The zero-order valence-corrected chi connectivity index (χ0v) is 56.5. The quantitative estimate of drug-likeness (QED) is 0.0223. The maximum Gasteiger partial charge on any atom is 0.251 e. The summed E-state index contributed by atoms with van der Waals surface area (Å²) in [6.45, 7) is 11.4. The molecule has 6 amide bonds. The van der Waals surface area contributed by atoms with Crippen LogP contribution in [0.3, 0.4) is 0 Å². The highest BCUT2D eigenvalue weighted by Crippen LogP contribution is 2.16. The minimum Gasteiger partial charge on any atom is -0.379 e. The van der Waals surface area contributed by atoms with Gasteiger partial charge in [0.05, 0.1) is 177 Å². The van der Waals surface area contributed by atoms with Gasteiger partial charge in [-0.05, 0) is 37.1 Å². The molecule has 0 aliphatic carbocycles. The van der Waals surface area contributed by atoms with Crippen LogP contribution in [0.1, 0.15) is 62.8 Å². The minimum absolute atomic E-state index is 0.0341. The molecule has 0 saturated carbocycles. The van der Waals surface area contributed by atoms with Crippen molar-refractivity contribution in [2.24, 2.45) is 0 Å². The highest BCUT2D eigenvalue weighted by atomic mass is 16.6. The van der Waals surface area contributed by atoms with Crippen LogP contribution >= 0.6 is 0 Å². The number of nitrogens with zero attached hydrogens (tertiary/aromatic N) is 8. The summed E-state index contributed by atoms with van der Waals surface area (Å²) < 4.78 is 67.0. The van der Waals surface area contributed by atoms with E-state index in [4.69, 9.17) is 56.8 Å². The van der Waals surface area contributed by atoms with E-state index in [1.165, 1.54) is 0 Å². The number of hydrogen-bond acceptors (Lipinski definition) is 27. The third kappa shape index (κ3) is 39.7. The molecule has 0 fully saturated rings. The number of hydrogen-bond donors (Lipinski definition) is 6. The van der Waals surface area contributed by atoms with Crippen LogP contribution in [-0.2, 0) is 93.7 Å². The molecule has 0 aliphatic heterocycles. The number of benzene rings is 3. The van der Waals surface area contributed by atoms with Crippen LogP contribution in [0, 0.1) is 13.8 Å². The summed E-state index contributed by atoms with van der Waals surface area (Å²) in [5.41, 5.74) is 4.13. The topological polar surface area (TPSA) is 406 Å². The van der Waals surface area contributed by atoms with E-state index in [-0.39, 0.29) is 140 Å². The zero-order chi connectivity index (χ0) is 70.4. The monoisotopic (exact) mass is 1390 g/mol. The fourth-order valence-corrected chi connectivity index (χ4v) is 8.33. The van der Waals surface area contributed by atoms with Crippen LogP contribution in [-0.4, -0.2) is 280 Å². The van der Waals surface area contributed by atoms with Gasteiger partial charge in [-0.3, -0.25) is 33.6 Å². The molecule has 0 spiro atoms. The van der Waals surface area contributed by atoms with Crippen molar-refractivity contribution in [3.63, 3.8) is 0 Å². The van der Waals surface area contributed by atoms with Crippen LogP contribution in [0.15, 0.2) is 72.8 Å². The second-order valence-corrected chi connectivity index (χ2v) is 21.5. The molecule has 542 valence electrons.